The van der Waals surface area contributed by atoms with Crippen LogP contribution in [-0.2, 0) is 28.3 Å². The average molecular weight is 457 g/mol. The molecule has 0 aliphatic carbocycles. The predicted octanol–water partition coefficient (Wildman–Crippen LogP) is 3.29. The fourth-order valence-electron chi connectivity index (χ4n) is 3.81. The normalized spacial score (nSPS) is 13.0. The van der Waals surface area contributed by atoms with Gasteiger partial charge >= 0.3 is 0 Å². The fraction of sp³-hybridized carbons (Fsp3) is 0.417. The Hall–Kier alpha value is -2.71. The maximum Gasteiger partial charge on any atom is 0.242 e. The molecule has 3 rings (SSSR count). The number of carbonyl (C=O) groups excluding carboxylic acids is 1. The van der Waals surface area contributed by atoms with Gasteiger partial charge in [-0.25, -0.2) is 17.7 Å². The minimum Gasteiger partial charge on any atom is -0.355 e. The van der Waals surface area contributed by atoms with Crippen molar-refractivity contribution in [3.8, 4) is 0 Å². The Morgan fingerprint density at radius 2 is 1.88 bits per heavy atom. The van der Waals surface area contributed by atoms with Crippen molar-refractivity contribution in [2.45, 2.75) is 44.4 Å². The number of benzene rings is 2. The molecule has 2 aromatic carbocycles. The molecule has 0 fully saturated rings. The van der Waals surface area contributed by atoms with Crippen molar-refractivity contribution in [3.63, 3.8) is 0 Å². The molecule has 1 aromatic heterocycles. The third-order valence-corrected chi connectivity index (χ3v) is 7.68. The van der Waals surface area contributed by atoms with Gasteiger partial charge in [0.2, 0.25) is 15.9 Å². The standard InChI is InChI=1S/C24H32N4O3S/c1-16-7-8-17(2)20(13-16)18(3)15-25-24(29)12-11-23-26-21-14-19(32(30,31)27(4)5)9-10-22(21)28(23)6/h7-10,13-14,18H,11-12,15H2,1-6H3,(H,25,29)/t18-/m0/s1. The molecule has 7 nitrogen and oxygen atoms in total. The number of hydrogen-bond donors (Lipinski definition) is 1. The molecule has 0 bridgehead atoms. The number of rotatable bonds is 8. The van der Waals surface area contributed by atoms with E-state index in [-0.39, 0.29) is 16.7 Å². The van der Waals surface area contributed by atoms with Crippen LogP contribution in [0.25, 0.3) is 11.0 Å². The third kappa shape index (κ3) is 5.02. The van der Waals surface area contributed by atoms with Gasteiger partial charge in [0.05, 0.1) is 15.9 Å². The first-order valence-corrected chi connectivity index (χ1v) is 12.2. The molecule has 0 saturated carbocycles. The first-order chi connectivity index (χ1) is 15.0. The van der Waals surface area contributed by atoms with Gasteiger partial charge in [0.15, 0.2) is 0 Å². The van der Waals surface area contributed by atoms with Gasteiger partial charge in [-0.3, -0.25) is 4.79 Å². The second kappa shape index (κ2) is 9.42. The summed E-state index contributed by atoms with van der Waals surface area (Å²) >= 11 is 0. The van der Waals surface area contributed by atoms with E-state index in [0.717, 1.165) is 11.3 Å². The Kier molecular flexibility index (Phi) is 7.05. The van der Waals surface area contributed by atoms with Crippen LogP contribution in [0.5, 0.6) is 0 Å². The summed E-state index contributed by atoms with van der Waals surface area (Å²) in [6, 6.07) is 11.3. The van der Waals surface area contributed by atoms with Gasteiger partial charge in [-0.05, 0) is 49.1 Å². The largest absolute Gasteiger partial charge is 0.355 e. The molecule has 0 unspecified atom stereocenters. The lowest BCUT2D eigenvalue weighted by Gasteiger charge is -2.16. The Labute approximate surface area is 190 Å². The lowest BCUT2D eigenvalue weighted by atomic mass is 9.94. The zero-order chi connectivity index (χ0) is 23.6. The number of amides is 1. The van der Waals surface area contributed by atoms with E-state index in [4.69, 9.17) is 0 Å². The quantitative estimate of drug-likeness (QED) is 0.564. The number of nitrogens with zero attached hydrogens (tertiary/aromatic N) is 3. The van der Waals surface area contributed by atoms with Crippen molar-refractivity contribution < 1.29 is 13.2 Å². The molecule has 0 radical (unpaired) electrons. The van der Waals surface area contributed by atoms with Crippen LogP contribution in [0.3, 0.4) is 0 Å². The molecule has 32 heavy (non-hydrogen) atoms. The molecular formula is C24H32N4O3S. The van der Waals surface area contributed by atoms with Crippen LogP contribution < -0.4 is 5.32 Å². The summed E-state index contributed by atoms with van der Waals surface area (Å²) in [5.41, 5.74) is 5.14. The molecule has 1 heterocycles. The lowest BCUT2D eigenvalue weighted by molar-refractivity contribution is -0.121. The van der Waals surface area contributed by atoms with Crippen LogP contribution in [0.4, 0.5) is 0 Å². The summed E-state index contributed by atoms with van der Waals surface area (Å²) in [5, 5.41) is 3.03. The second-order valence-electron chi connectivity index (χ2n) is 8.59. The summed E-state index contributed by atoms with van der Waals surface area (Å²) in [7, 11) is 1.36. The third-order valence-electron chi connectivity index (χ3n) is 5.87. The summed E-state index contributed by atoms with van der Waals surface area (Å²) in [6.45, 7) is 6.86. The van der Waals surface area contributed by atoms with Gasteiger partial charge in [0.1, 0.15) is 5.82 Å². The zero-order valence-electron chi connectivity index (χ0n) is 19.6. The fourth-order valence-corrected chi connectivity index (χ4v) is 4.73. The first-order valence-electron chi connectivity index (χ1n) is 10.7. The highest BCUT2D eigenvalue weighted by Crippen LogP contribution is 2.22. The van der Waals surface area contributed by atoms with E-state index in [1.165, 1.54) is 35.1 Å². The van der Waals surface area contributed by atoms with Crippen LogP contribution in [0, 0.1) is 13.8 Å². The van der Waals surface area contributed by atoms with Gasteiger partial charge < -0.3 is 9.88 Å². The van der Waals surface area contributed by atoms with Gasteiger partial charge in [-0.2, -0.15) is 0 Å². The number of sulfonamides is 1. The van der Waals surface area contributed by atoms with E-state index in [1.807, 2.05) is 11.6 Å². The summed E-state index contributed by atoms with van der Waals surface area (Å²) in [4.78, 5) is 17.2. The van der Waals surface area contributed by atoms with E-state index in [1.54, 1.807) is 18.2 Å². The molecule has 8 heteroatoms. The van der Waals surface area contributed by atoms with Gasteiger partial charge in [-0.1, -0.05) is 30.7 Å². The molecule has 1 atom stereocenters. The maximum atomic E-state index is 12.5. The molecule has 0 aliphatic rings. The maximum absolute atomic E-state index is 12.5. The zero-order valence-corrected chi connectivity index (χ0v) is 20.5. The average Bonchev–Trinajstić information content (AvgIpc) is 3.07. The van der Waals surface area contributed by atoms with Crippen LogP contribution >= 0.6 is 0 Å². The van der Waals surface area contributed by atoms with E-state index >= 15 is 0 Å². The second-order valence-corrected chi connectivity index (χ2v) is 10.7. The highest BCUT2D eigenvalue weighted by Gasteiger charge is 2.19. The Morgan fingerprint density at radius 3 is 2.56 bits per heavy atom. The number of nitrogens with one attached hydrogen (secondary N) is 1. The van der Waals surface area contributed by atoms with Gasteiger partial charge in [-0.15, -0.1) is 0 Å². The topological polar surface area (TPSA) is 84.3 Å². The Morgan fingerprint density at radius 1 is 1.16 bits per heavy atom. The van der Waals surface area contributed by atoms with E-state index in [9.17, 15) is 13.2 Å². The first kappa shape index (κ1) is 23.9. The van der Waals surface area contributed by atoms with E-state index < -0.39 is 10.0 Å². The number of aromatic nitrogens is 2. The highest BCUT2D eigenvalue weighted by atomic mass is 32.2. The predicted molar refractivity (Wildman–Crippen MR) is 127 cm³/mol. The molecule has 172 valence electrons. The molecule has 0 saturated heterocycles. The van der Waals surface area contributed by atoms with E-state index in [0.29, 0.717) is 24.9 Å². The molecule has 0 spiro atoms. The molecule has 1 N–H and O–H groups in total. The Balaban J connectivity index is 1.65. The van der Waals surface area contributed by atoms with Crippen molar-refractivity contribution in [1.82, 2.24) is 19.2 Å². The van der Waals surface area contributed by atoms with Crippen LogP contribution in [0.2, 0.25) is 0 Å². The van der Waals surface area contributed by atoms with Crippen molar-refractivity contribution >= 4 is 27.0 Å². The summed E-state index contributed by atoms with van der Waals surface area (Å²) in [5.74, 6) is 0.953. The molecule has 3 aromatic rings. The van der Waals surface area contributed by atoms with Gasteiger partial charge in [0, 0.05) is 40.5 Å². The number of fused-ring (bicyclic) bond motifs is 1. The molecule has 0 aliphatic heterocycles. The van der Waals surface area contributed by atoms with Crippen molar-refractivity contribution in [3.05, 3.63) is 58.9 Å². The van der Waals surface area contributed by atoms with Crippen molar-refractivity contribution in [2.24, 2.45) is 7.05 Å². The molecule has 1 amide bonds. The van der Waals surface area contributed by atoms with Gasteiger partial charge in [0.25, 0.3) is 0 Å². The number of hydrogen-bond acceptors (Lipinski definition) is 4. The number of carbonyl (C=O) groups is 1. The Bertz CT molecular complexity index is 1250. The minimum absolute atomic E-state index is 0.0231. The SMILES string of the molecule is Cc1ccc(C)c([C@@H](C)CNC(=O)CCc2nc3cc(S(=O)(=O)N(C)C)ccc3n2C)c1. The van der Waals surface area contributed by atoms with Crippen LogP contribution in [-0.4, -0.2) is 48.8 Å². The van der Waals surface area contributed by atoms with Crippen molar-refractivity contribution in [2.75, 3.05) is 20.6 Å². The smallest absolute Gasteiger partial charge is 0.242 e. The highest BCUT2D eigenvalue weighted by molar-refractivity contribution is 7.89. The summed E-state index contributed by atoms with van der Waals surface area (Å²) in [6.07, 6.45) is 0.796. The van der Waals surface area contributed by atoms with E-state index in [2.05, 4.69) is 49.3 Å². The minimum atomic E-state index is -3.52. The lowest BCUT2D eigenvalue weighted by Crippen LogP contribution is -2.28. The monoisotopic (exact) mass is 456 g/mol. The summed E-state index contributed by atoms with van der Waals surface area (Å²) < 4.78 is 27.9. The van der Waals surface area contributed by atoms with Crippen LogP contribution in [0.15, 0.2) is 41.3 Å². The van der Waals surface area contributed by atoms with Crippen LogP contribution in [0.1, 0.15) is 41.8 Å². The molecular weight excluding hydrogens is 424 g/mol. The van der Waals surface area contributed by atoms with Crippen molar-refractivity contribution in [1.29, 1.82) is 0 Å². The number of imidazole rings is 1. The number of aryl methyl sites for hydroxylation is 4.